The average molecular weight is 278 g/mol. The van der Waals surface area contributed by atoms with Crippen LogP contribution in [0.5, 0.6) is 17.2 Å². The van der Waals surface area contributed by atoms with Crippen molar-refractivity contribution in [2.45, 2.75) is 19.4 Å². The van der Waals surface area contributed by atoms with Crippen LogP contribution < -0.4 is 4.74 Å². The van der Waals surface area contributed by atoms with Gasteiger partial charge < -0.3 is 14.9 Å². The number of phenols is 2. The predicted molar refractivity (Wildman–Crippen MR) is 68.8 cm³/mol. The van der Waals surface area contributed by atoms with Gasteiger partial charge in [0.1, 0.15) is 34.5 Å². The van der Waals surface area contributed by atoms with E-state index in [4.69, 9.17) is 4.74 Å². The summed E-state index contributed by atoms with van der Waals surface area (Å²) in [5.74, 6) is -1.98. The van der Waals surface area contributed by atoms with Crippen LogP contribution in [0, 0.1) is 11.6 Å². The van der Waals surface area contributed by atoms with Gasteiger partial charge in [0.05, 0.1) is 5.56 Å². The highest BCUT2D eigenvalue weighted by Crippen LogP contribution is 2.49. The predicted octanol–water partition coefficient (Wildman–Crippen LogP) is 3.67. The number of ether oxygens (including phenoxy) is 1. The first-order valence-corrected chi connectivity index (χ1v) is 6.04. The lowest BCUT2D eigenvalue weighted by atomic mass is 9.85. The Morgan fingerprint density at radius 3 is 2.10 bits per heavy atom. The number of aromatic hydroxyl groups is 2. The molecule has 5 heteroatoms. The first-order valence-electron chi connectivity index (χ1n) is 6.04. The summed E-state index contributed by atoms with van der Waals surface area (Å²) in [5, 5.41) is 19.0. The van der Waals surface area contributed by atoms with Crippen molar-refractivity contribution in [2.24, 2.45) is 0 Å². The third kappa shape index (κ3) is 1.70. The Bertz CT molecular complexity index is 724. The van der Waals surface area contributed by atoms with E-state index in [1.807, 2.05) is 0 Å². The molecular weight excluding hydrogens is 266 g/mol. The number of rotatable bonds is 0. The number of phenolic OH excluding ortho intramolecular Hbond substituents is 2. The second-order valence-corrected chi connectivity index (χ2v) is 5.26. The molecule has 0 unspecified atom stereocenters. The fourth-order valence-electron chi connectivity index (χ4n) is 2.54. The van der Waals surface area contributed by atoms with Crippen molar-refractivity contribution in [2.75, 3.05) is 0 Å². The maximum Gasteiger partial charge on any atom is 0.138 e. The molecule has 2 aromatic rings. The smallest absolute Gasteiger partial charge is 0.138 e. The number of benzene rings is 2. The maximum atomic E-state index is 14.2. The Kier molecular flexibility index (Phi) is 2.45. The van der Waals surface area contributed by atoms with Crippen LogP contribution in [0.1, 0.15) is 19.4 Å². The summed E-state index contributed by atoms with van der Waals surface area (Å²) in [5.41, 5.74) is -0.601. The number of fused-ring (bicyclic) bond motifs is 3. The molecule has 2 aromatic carbocycles. The van der Waals surface area contributed by atoms with Crippen LogP contribution in [-0.2, 0) is 5.60 Å². The van der Waals surface area contributed by atoms with Crippen LogP contribution in [0.2, 0.25) is 0 Å². The van der Waals surface area contributed by atoms with Gasteiger partial charge in [-0.25, -0.2) is 8.78 Å². The van der Waals surface area contributed by atoms with Crippen LogP contribution >= 0.6 is 0 Å². The molecule has 104 valence electrons. The molecule has 0 fully saturated rings. The van der Waals surface area contributed by atoms with Crippen molar-refractivity contribution in [3.8, 4) is 28.4 Å². The lowest BCUT2D eigenvalue weighted by Crippen LogP contribution is -2.30. The van der Waals surface area contributed by atoms with E-state index in [1.165, 1.54) is 12.1 Å². The molecule has 0 saturated carbocycles. The van der Waals surface area contributed by atoms with Crippen molar-refractivity contribution >= 4 is 0 Å². The van der Waals surface area contributed by atoms with E-state index < -0.39 is 17.2 Å². The Morgan fingerprint density at radius 2 is 1.45 bits per heavy atom. The third-order valence-electron chi connectivity index (χ3n) is 3.38. The number of halogens is 2. The molecule has 3 rings (SSSR count). The Morgan fingerprint density at radius 1 is 0.900 bits per heavy atom. The third-order valence-corrected chi connectivity index (χ3v) is 3.38. The minimum atomic E-state index is -0.956. The SMILES string of the molecule is CC1(C)Oc2cc(O)cc(F)c2-c2c(F)cc(O)cc21. The van der Waals surface area contributed by atoms with Crippen molar-refractivity contribution in [3.63, 3.8) is 0 Å². The van der Waals surface area contributed by atoms with Crippen LogP contribution in [0.15, 0.2) is 24.3 Å². The van der Waals surface area contributed by atoms with Gasteiger partial charge in [-0.2, -0.15) is 0 Å². The molecule has 0 atom stereocenters. The van der Waals surface area contributed by atoms with Gasteiger partial charge in [-0.1, -0.05) is 0 Å². The zero-order valence-electron chi connectivity index (χ0n) is 10.9. The highest BCUT2D eigenvalue weighted by Gasteiger charge is 2.37. The van der Waals surface area contributed by atoms with E-state index in [0.29, 0.717) is 5.56 Å². The first kappa shape index (κ1) is 12.7. The van der Waals surface area contributed by atoms with Gasteiger partial charge in [-0.3, -0.25) is 0 Å². The quantitative estimate of drug-likeness (QED) is 0.773. The molecule has 3 nitrogen and oxygen atoms in total. The molecule has 0 aromatic heterocycles. The molecule has 0 amide bonds. The Balaban J connectivity index is 2.43. The normalized spacial score (nSPS) is 15.2. The van der Waals surface area contributed by atoms with E-state index in [9.17, 15) is 19.0 Å². The summed E-state index contributed by atoms with van der Waals surface area (Å²) in [6, 6.07) is 4.43. The number of hydrogen-bond donors (Lipinski definition) is 2. The van der Waals surface area contributed by atoms with E-state index >= 15 is 0 Å². The summed E-state index contributed by atoms with van der Waals surface area (Å²) in [6.07, 6.45) is 0. The van der Waals surface area contributed by atoms with E-state index in [2.05, 4.69) is 0 Å². The monoisotopic (exact) mass is 278 g/mol. The molecule has 20 heavy (non-hydrogen) atoms. The highest BCUT2D eigenvalue weighted by atomic mass is 19.1. The lowest BCUT2D eigenvalue weighted by Gasteiger charge is -2.35. The summed E-state index contributed by atoms with van der Waals surface area (Å²) < 4.78 is 33.9. The molecule has 0 bridgehead atoms. The van der Waals surface area contributed by atoms with Crippen molar-refractivity contribution in [1.29, 1.82) is 0 Å². The zero-order chi connectivity index (χ0) is 14.7. The molecule has 1 aliphatic heterocycles. The summed E-state index contributed by atoms with van der Waals surface area (Å²) in [4.78, 5) is 0. The topological polar surface area (TPSA) is 49.7 Å². The van der Waals surface area contributed by atoms with Crippen LogP contribution in [0.4, 0.5) is 8.78 Å². The summed E-state index contributed by atoms with van der Waals surface area (Å²) >= 11 is 0. The minimum absolute atomic E-state index is 0.0466. The van der Waals surface area contributed by atoms with Crippen LogP contribution in [-0.4, -0.2) is 10.2 Å². The summed E-state index contributed by atoms with van der Waals surface area (Å²) in [7, 11) is 0. The van der Waals surface area contributed by atoms with E-state index in [-0.39, 0.29) is 28.4 Å². The molecular formula is C15H12F2O3. The number of hydrogen-bond acceptors (Lipinski definition) is 3. The van der Waals surface area contributed by atoms with Gasteiger partial charge in [0.25, 0.3) is 0 Å². The van der Waals surface area contributed by atoms with E-state index in [0.717, 1.165) is 12.1 Å². The fourth-order valence-corrected chi connectivity index (χ4v) is 2.54. The van der Waals surface area contributed by atoms with Gasteiger partial charge in [0.15, 0.2) is 0 Å². The second-order valence-electron chi connectivity index (χ2n) is 5.26. The highest BCUT2D eigenvalue weighted by molar-refractivity contribution is 5.79. The second kappa shape index (κ2) is 3.85. The standard InChI is InChI=1S/C15H12F2O3/c1-15(2)9-3-7(18)4-10(16)13(9)14-11(17)5-8(19)6-12(14)20-15/h3-6,18-19H,1-2H3. The van der Waals surface area contributed by atoms with E-state index in [1.54, 1.807) is 13.8 Å². The van der Waals surface area contributed by atoms with Gasteiger partial charge in [-0.15, -0.1) is 0 Å². The molecule has 2 N–H and O–H groups in total. The molecule has 0 radical (unpaired) electrons. The molecule has 1 aliphatic rings. The molecule has 0 spiro atoms. The maximum absolute atomic E-state index is 14.2. The molecule has 0 aliphatic carbocycles. The zero-order valence-corrected chi connectivity index (χ0v) is 10.9. The lowest BCUT2D eigenvalue weighted by molar-refractivity contribution is 0.104. The first-order chi connectivity index (χ1) is 9.29. The largest absolute Gasteiger partial charge is 0.508 e. The van der Waals surface area contributed by atoms with Crippen molar-refractivity contribution in [1.82, 2.24) is 0 Å². The average Bonchev–Trinajstić information content (AvgIpc) is 2.28. The molecule has 0 saturated heterocycles. The Hall–Kier alpha value is -2.30. The van der Waals surface area contributed by atoms with Gasteiger partial charge in [0.2, 0.25) is 0 Å². The fraction of sp³-hybridized carbons (Fsp3) is 0.200. The van der Waals surface area contributed by atoms with Crippen molar-refractivity contribution in [3.05, 3.63) is 41.5 Å². The summed E-state index contributed by atoms with van der Waals surface area (Å²) in [6.45, 7) is 3.35. The van der Waals surface area contributed by atoms with Crippen LogP contribution in [0.3, 0.4) is 0 Å². The van der Waals surface area contributed by atoms with Gasteiger partial charge in [0, 0.05) is 29.3 Å². The van der Waals surface area contributed by atoms with Gasteiger partial charge >= 0.3 is 0 Å². The molecule has 1 heterocycles. The van der Waals surface area contributed by atoms with Crippen LogP contribution in [0.25, 0.3) is 11.1 Å². The van der Waals surface area contributed by atoms with Gasteiger partial charge in [-0.05, 0) is 19.9 Å². The van der Waals surface area contributed by atoms with Crippen molar-refractivity contribution < 1.29 is 23.7 Å². The Labute approximate surface area is 114 Å². The minimum Gasteiger partial charge on any atom is -0.508 e.